The zero-order valence-corrected chi connectivity index (χ0v) is 11.5. The molecule has 0 N–H and O–H groups in total. The number of hydrogen-bond donors (Lipinski definition) is 0. The molecule has 0 fully saturated rings. The minimum absolute atomic E-state index is 0.0113. The predicted molar refractivity (Wildman–Crippen MR) is 77.5 cm³/mol. The van der Waals surface area contributed by atoms with Gasteiger partial charge in [0.05, 0.1) is 9.95 Å². The van der Waals surface area contributed by atoms with E-state index in [0.29, 0.717) is 16.3 Å². The van der Waals surface area contributed by atoms with Gasteiger partial charge in [-0.2, -0.15) is 0 Å². The Labute approximate surface area is 120 Å². The molecule has 0 amide bonds. The third-order valence-corrected chi connectivity index (χ3v) is 3.04. The van der Waals surface area contributed by atoms with Crippen molar-refractivity contribution in [2.24, 2.45) is 0 Å². The molecule has 6 heteroatoms. The van der Waals surface area contributed by atoms with Gasteiger partial charge < -0.3 is 9.47 Å². The summed E-state index contributed by atoms with van der Waals surface area (Å²) in [5.74, 6) is 0.366. The summed E-state index contributed by atoms with van der Waals surface area (Å²) in [5, 5.41) is 12.6. The number of fused-ring (bicyclic) bond motifs is 1. The van der Waals surface area contributed by atoms with Crippen molar-refractivity contribution in [2.45, 2.75) is 0 Å². The fraction of sp³-hybridized carbons (Fsp3) is 0.143. The van der Waals surface area contributed by atoms with Gasteiger partial charge in [0.1, 0.15) is 5.75 Å². The lowest BCUT2D eigenvalue weighted by atomic mass is 10.1. The second-order valence-corrected chi connectivity index (χ2v) is 4.36. The van der Waals surface area contributed by atoms with Crippen molar-refractivity contribution < 1.29 is 14.4 Å². The number of methoxy groups -OCH3 is 1. The molecule has 0 aromatic heterocycles. The van der Waals surface area contributed by atoms with Crippen LogP contribution in [0.2, 0.25) is 5.02 Å². The van der Waals surface area contributed by atoms with Gasteiger partial charge >= 0.3 is 0 Å². The third-order valence-electron chi connectivity index (χ3n) is 2.67. The van der Waals surface area contributed by atoms with Crippen molar-refractivity contribution in [1.29, 1.82) is 0 Å². The van der Waals surface area contributed by atoms with E-state index in [4.69, 9.17) is 21.1 Å². The fourth-order valence-corrected chi connectivity index (χ4v) is 2.17. The van der Waals surface area contributed by atoms with Gasteiger partial charge in [0, 0.05) is 24.1 Å². The van der Waals surface area contributed by atoms with Crippen molar-refractivity contribution in [3.05, 3.63) is 57.2 Å². The van der Waals surface area contributed by atoms with E-state index in [1.165, 1.54) is 13.2 Å². The summed E-state index contributed by atoms with van der Waals surface area (Å²) in [6.07, 6.45) is 2.20. The molecule has 0 atom stereocenters. The highest BCUT2D eigenvalue weighted by Gasteiger charge is 2.12. The Morgan fingerprint density at radius 3 is 2.85 bits per heavy atom. The molecule has 0 radical (unpaired) electrons. The summed E-state index contributed by atoms with van der Waals surface area (Å²) >= 11 is 6.31. The Balaban J connectivity index is 2.59. The van der Waals surface area contributed by atoms with Crippen LogP contribution in [0.25, 0.3) is 16.8 Å². The Hall–Kier alpha value is -2.11. The Kier molecular flexibility index (Phi) is 4.55. The number of rotatable bonds is 5. The first-order valence-electron chi connectivity index (χ1n) is 5.78. The van der Waals surface area contributed by atoms with E-state index in [9.17, 15) is 10.1 Å². The maximum Gasteiger partial charge on any atom is 0.235 e. The van der Waals surface area contributed by atoms with Crippen LogP contribution in [-0.4, -0.2) is 18.8 Å². The van der Waals surface area contributed by atoms with Crippen molar-refractivity contribution in [2.75, 3.05) is 13.9 Å². The molecule has 0 saturated carbocycles. The summed E-state index contributed by atoms with van der Waals surface area (Å²) in [4.78, 5) is 9.93. The number of nitro groups is 1. The summed E-state index contributed by atoms with van der Waals surface area (Å²) in [6, 6.07) is 9.26. The third kappa shape index (κ3) is 3.07. The smallest absolute Gasteiger partial charge is 0.235 e. The van der Waals surface area contributed by atoms with E-state index < -0.39 is 4.92 Å². The van der Waals surface area contributed by atoms with E-state index in [1.807, 2.05) is 24.3 Å². The molecular formula is C14H12ClNO4. The topological polar surface area (TPSA) is 61.6 Å². The van der Waals surface area contributed by atoms with Crippen LogP contribution < -0.4 is 4.74 Å². The van der Waals surface area contributed by atoms with Crippen LogP contribution in [0.5, 0.6) is 5.75 Å². The molecule has 0 saturated heterocycles. The number of halogens is 1. The predicted octanol–water partition coefficient (Wildman–Crippen LogP) is 3.72. The maximum absolute atomic E-state index is 10.5. The molecule has 0 heterocycles. The van der Waals surface area contributed by atoms with Crippen LogP contribution >= 0.6 is 11.6 Å². The largest absolute Gasteiger partial charge is 0.465 e. The van der Waals surface area contributed by atoms with Crippen LogP contribution in [0.15, 0.2) is 36.5 Å². The monoisotopic (exact) mass is 293 g/mol. The van der Waals surface area contributed by atoms with Gasteiger partial charge in [0.25, 0.3) is 0 Å². The van der Waals surface area contributed by atoms with Crippen LogP contribution in [-0.2, 0) is 4.74 Å². The molecule has 0 bridgehead atoms. The molecule has 0 unspecified atom stereocenters. The highest BCUT2D eigenvalue weighted by atomic mass is 35.5. The lowest BCUT2D eigenvalue weighted by Crippen LogP contribution is -2.01. The molecule has 0 spiro atoms. The molecule has 2 rings (SSSR count). The van der Waals surface area contributed by atoms with Crippen LogP contribution in [0.4, 0.5) is 0 Å². The highest BCUT2D eigenvalue weighted by molar-refractivity contribution is 6.37. The lowest BCUT2D eigenvalue weighted by molar-refractivity contribution is -0.400. The van der Waals surface area contributed by atoms with Gasteiger partial charge in [-0.3, -0.25) is 10.1 Å². The van der Waals surface area contributed by atoms with Crippen LogP contribution in [0.3, 0.4) is 0 Å². The second-order valence-electron chi connectivity index (χ2n) is 3.98. The van der Waals surface area contributed by atoms with Gasteiger partial charge in [-0.1, -0.05) is 35.9 Å². The van der Waals surface area contributed by atoms with Crippen molar-refractivity contribution in [3.8, 4) is 5.75 Å². The van der Waals surface area contributed by atoms with E-state index in [2.05, 4.69) is 0 Å². The molecule has 2 aromatic carbocycles. The van der Waals surface area contributed by atoms with E-state index in [-0.39, 0.29) is 6.79 Å². The first kappa shape index (κ1) is 14.3. The van der Waals surface area contributed by atoms with Gasteiger partial charge in [0.15, 0.2) is 6.79 Å². The summed E-state index contributed by atoms with van der Waals surface area (Å²) in [6.45, 7) is 0.0113. The Morgan fingerprint density at radius 1 is 1.40 bits per heavy atom. The lowest BCUT2D eigenvalue weighted by Gasteiger charge is -2.12. The summed E-state index contributed by atoms with van der Waals surface area (Å²) in [5.41, 5.74) is 0.530. The van der Waals surface area contributed by atoms with Gasteiger partial charge in [-0.25, -0.2) is 0 Å². The number of nitrogens with zero attached hydrogens (tertiary/aromatic N) is 1. The molecule has 2 aromatic rings. The quantitative estimate of drug-likeness (QED) is 0.479. The van der Waals surface area contributed by atoms with Crippen molar-refractivity contribution >= 4 is 28.4 Å². The summed E-state index contributed by atoms with van der Waals surface area (Å²) in [7, 11) is 1.49. The zero-order valence-electron chi connectivity index (χ0n) is 10.7. The molecule has 20 heavy (non-hydrogen) atoms. The minimum atomic E-state index is -0.538. The fourth-order valence-electron chi connectivity index (χ4n) is 1.83. The standard InChI is InChI=1S/C14H12ClNO4/c1-19-9-20-14-11(6-7-16(17)18)8-10-4-2-3-5-12(10)13(14)15/h2-8H,9H2,1H3. The first-order chi connectivity index (χ1) is 9.63. The average molecular weight is 294 g/mol. The normalized spacial score (nSPS) is 11.1. The van der Waals surface area contributed by atoms with Crippen molar-refractivity contribution in [1.82, 2.24) is 0 Å². The maximum atomic E-state index is 10.5. The Bertz CT molecular complexity index is 670. The summed E-state index contributed by atoms with van der Waals surface area (Å²) < 4.78 is 10.3. The van der Waals surface area contributed by atoms with E-state index in [0.717, 1.165) is 17.0 Å². The van der Waals surface area contributed by atoms with Gasteiger partial charge in [0.2, 0.25) is 6.20 Å². The van der Waals surface area contributed by atoms with E-state index in [1.54, 1.807) is 6.07 Å². The molecule has 104 valence electrons. The number of hydrogen-bond acceptors (Lipinski definition) is 4. The van der Waals surface area contributed by atoms with Gasteiger partial charge in [-0.15, -0.1) is 0 Å². The van der Waals surface area contributed by atoms with Crippen LogP contribution in [0.1, 0.15) is 5.56 Å². The number of ether oxygens (including phenoxy) is 2. The highest BCUT2D eigenvalue weighted by Crippen LogP contribution is 2.37. The van der Waals surface area contributed by atoms with E-state index >= 15 is 0 Å². The molecule has 0 aliphatic rings. The second kappa shape index (κ2) is 6.36. The minimum Gasteiger partial charge on any atom is -0.465 e. The molecule has 5 nitrogen and oxygen atoms in total. The number of benzene rings is 2. The Morgan fingerprint density at radius 2 is 2.15 bits per heavy atom. The van der Waals surface area contributed by atoms with Crippen LogP contribution in [0, 0.1) is 10.1 Å². The van der Waals surface area contributed by atoms with Crippen molar-refractivity contribution in [3.63, 3.8) is 0 Å². The zero-order chi connectivity index (χ0) is 14.5. The molecule has 0 aliphatic carbocycles. The SMILES string of the molecule is COCOc1c(C=C[N+](=O)[O-])cc2ccccc2c1Cl. The molecular weight excluding hydrogens is 282 g/mol. The van der Waals surface area contributed by atoms with Gasteiger partial charge in [-0.05, 0) is 11.5 Å². The average Bonchev–Trinajstić information content (AvgIpc) is 2.44. The first-order valence-corrected chi connectivity index (χ1v) is 6.16. The molecule has 0 aliphatic heterocycles.